The van der Waals surface area contributed by atoms with Crippen LogP contribution in [0.2, 0.25) is 0 Å². The Bertz CT molecular complexity index is 201. The molecular weight excluding hydrogens is 200 g/mol. The van der Waals surface area contributed by atoms with Gasteiger partial charge in [-0.1, -0.05) is 27.7 Å². The average Bonchev–Trinajstić information content (AvgIpc) is 2.16. The minimum Gasteiger partial charge on any atom is -0.396 e. The van der Waals surface area contributed by atoms with Crippen LogP contribution in [0.3, 0.4) is 0 Å². The molecule has 0 saturated carbocycles. The molecule has 0 fully saturated rings. The van der Waals surface area contributed by atoms with E-state index in [9.17, 15) is 4.79 Å². The number of hydrogen-bond acceptors (Lipinski definition) is 2. The minimum absolute atomic E-state index is 0.192. The lowest BCUT2D eigenvalue weighted by Crippen LogP contribution is -2.14. The van der Waals surface area contributed by atoms with Crippen LogP contribution in [0.5, 0.6) is 0 Å². The van der Waals surface area contributed by atoms with Gasteiger partial charge in [0.15, 0.2) is 0 Å². The van der Waals surface area contributed by atoms with Crippen molar-refractivity contribution in [1.29, 1.82) is 0 Å². The molecule has 4 unspecified atom stereocenters. The molecule has 2 heteroatoms. The summed E-state index contributed by atoms with van der Waals surface area (Å²) >= 11 is 0. The summed E-state index contributed by atoms with van der Waals surface area (Å²) in [5, 5.41) is 8.99. The quantitative estimate of drug-likeness (QED) is 0.692. The van der Waals surface area contributed by atoms with Crippen LogP contribution >= 0.6 is 0 Å². The van der Waals surface area contributed by atoms with Gasteiger partial charge in [0.1, 0.15) is 5.78 Å². The van der Waals surface area contributed by atoms with Gasteiger partial charge in [0.2, 0.25) is 0 Å². The molecule has 0 aliphatic rings. The van der Waals surface area contributed by atoms with Crippen LogP contribution < -0.4 is 0 Å². The van der Waals surface area contributed by atoms with Crippen LogP contribution in [0.25, 0.3) is 0 Å². The summed E-state index contributed by atoms with van der Waals surface area (Å²) in [7, 11) is 0. The first-order valence-corrected chi connectivity index (χ1v) is 6.48. The van der Waals surface area contributed by atoms with E-state index in [0.29, 0.717) is 23.5 Å². The molecule has 0 heterocycles. The number of aliphatic hydroxyl groups excluding tert-OH is 1. The maximum Gasteiger partial charge on any atom is 0.132 e. The van der Waals surface area contributed by atoms with Crippen LogP contribution in [0, 0.1) is 23.7 Å². The topological polar surface area (TPSA) is 37.3 Å². The van der Waals surface area contributed by atoms with Crippen molar-refractivity contribution >= 4 is 5.78 Å². The van der Waals surface area contributed by atoms with Gasteiger partial charge in [0.05, 0.1) is 0 Å². The van der Waals surface area contributed by atoms with E-state index in [1.165, 1.54) is 0 Å². The maximum atomic E-state index is 11.2. The van der Waals surface area contributed by atoms with Crippen molar-refractivity contribution in [1.82, 2.24) is 0 Å². The van der Waals surface area contributed by atoms with Gasteiger partial charge < -0.3 is 5.11 Å². The van der Waals surface area contributed by atoms with E-state index in [-0.39, 0.29) is 12.5 Å². The van der Waals surface area contributed by atoms with Crippen LogP contribution in [0.1, 0.15) is 53.9 Å². The first kappa shape index (κ1) is 15.6. The highest BCUT2D eigenvalue weighted by atomic mass is 16.3. The molecular formula is C14H28O2. The second-order valence-electron chi connectivity index (χ2n) is 5.72. The van der Waals surface area contributed by atoms with E-state index in [2.05, 4.69) is 20.8 Å². The highest BCUT2D eigenvalue weighted by molar-refractivity contribution is 5.77. The Morgan fingerprint density at radius 3 is 1.81 bits per heavy atom. The number of Topliss-reactive ketones (excluding diaryl/α,β-unsaturated/α-hetero) is 1. The third kappa shape index (κ3) is 7.00. The van der Waals surface area contributed by atoms with Crippen molar-refractivity contribution in [2.24, 2.45) is 23.7 Å². The van der Waals surface area contributed by atoms with Gasteiger partial charge in [-0.3, -0.25) is 4.79 Å². The van der Waals surface area contributed by atoms with E-state index in [1.54, 1.807) is 6.92 Å². The molecule has 2 nitrogen and oxygen atoms in total. The van der Waals surface area contributed by atoms with E-state index >= 15 is 0 Å². The van der Waals surface area contributed by atoms with E-state index < -0.39 is 0 Å². The second kappa shape index (κ2) is 7.83. The lowest BCUT2D eigenvalue weighted by Gasteiger charge is -2.21. The van der Waals surface area contributed by atoms with E-state index in [0.717, 1.165) is 19.3 Å². The van der Waals surface area contributed by atoms with Crippen LogP contribution in [-0.2, 0) is 4.79 Å². The zero-order chi connectivity index (χ0) is 12.7. The largest absolute Gasteiger partial charge is 0.396 e. The Hall–Kier alpha value is -0.370. The Kier molecular flexibility index (Phi) is 7.65. The highest BCUT2D eigenvalue weighted by Crippen LogP contribution is 2.24. The minimum atomic E-state index is 0.192. The lowest BCUT2D eigenvalue weighted by molar-refractivity contribution is -0.120. The van der Waals surface area contributed by atoms with Crippen molar-refractivity contribution in [3.05, 3.63) is 0 Å². The van der Waals surface area contributed by atoms with Crippen LogP contribution in [-0.4, -0.2) is 17.5 Å². The number of carbonyl (C=O) groups is 1. The summed E-state index contributed by atoms with van der Waals surface area (Å²) in [6, 6.07) is 0. The third-order valence-electron chi connectivity index (χ3n) is 3.37. The molecule has 0 amide bonds. The number of ketones is 1. The highest BCUT2D eigenvalue weighted by Gasteiger charge is 2.16. The first-order chi connectivity index (χ1) is 7.36. The first-order valence-electron chi connectivity index (χ1n) is 6.48. The smallest absolute Gasteiger partial charge is 0.132 e. The predicted octanol–water partition coefficient (Wildman–Crippen LogP) is 3.28. The number of hydrogen-bond donors (Lipinski definition) is 1. The summed E-state index contributed by atoms with van der Waals surface area (Å²) in [5.41, 5.74) is 0. The van der Waals surface area contributed by atoms with E-state index in [4.69, 9.17) is 5.11 Å². The normalized spacial score (nSPS) is 18.9. The Labute approximate surface area is 100 Å². The molecule has 0 radical (unpaired) electrons. The van der Waals surface area contributed by atoms with Gasteiger partial charge in [-0.05, 0) is 43.9 Å². The second-order valence-corrected chi connectivity index (χ2v) is 5.72. The molecule has 4 atom stereocenters. The zero-order valence-corrected chi connectivity index (χ0v) is 11.5. The molecule has 0 spiro atoms. The summed E-state index contributed by atoms with van der Waals surface area (Å²) in [6.07, 6.45) is 3.23. The SMILES string of the molecule is CC(=O)C(C)CC(C)CC(C)CC(C)CO. The molecule has 0 saturated heterocycles. The molecule has 0 aromatic rings. The van der Waals surface area contributed by atoms with Crippen molar-refractivity contribution in [3.63, 3.8) is 0 Å². The Morgan fingerprint density at radius 1 is 0.938 bits per heavy atom. The molecule has 0 aromatic carbocycles. The number of carbonyl (C=O) groups excluding carboxylic acids is 1. The molecule has 0 bridgehead atoms. The van der Waals surface area contributed by atoms with E-state index in [1.807, 2.05) is 6.92 Å². The third-order valence-corrected chi connectivity index (χ3v) is 3.37. The summed E-state index contributed by atoms with van der Waals surface area (Å²) in [5.74, 6) is 2.12. The molecule has 0 aromatic heterocycles. The van der Waals surface area contributed by atoms with Gasteiger partial charge in [-0.2, -0.15) is 0 Å². The number of rotatable bonds is 8. The van der Waals surface area contributed by atoms with Gasteiger partial charge in [0.25, 0.3) is 0 Å². The maximum absolute atomic E-state index is 11.2. The monoisotopic (exact) mass is 228 g/mol. The Balaban J connectivity index is 3.86. The fourth-order valence-corrected chi connectivity index (χ4v) is 2.41. The van der Waals surface area contributed by atoms with Crippen molar-refractivity contribution in [2.45, 2.75) is 53.9 Å². The fourth-order valence-electron chi connectivity index (χ4n) is 2.41. The fraction of sp³-hybridized carbons (Fsp3) is 0.929. The average molecular weight is 228 g/mol. The van der Waals surface area contributed by atoms with Gasteiger partial charge in [-0.25, -0.2) is 0 Å². The summed E-state index contributed by atoms with van der Waals surface area (Å²) < 4.78 is 0. The summed E-state index contributed by atoms with van der Waals surface area (Å²) in [4.78, 5) is 11.2. The molecule has 0 aliphatic heterocycles. The lowest BCUT2D eigenvalue weighted by atomic mass is 9.85. The molecule has 1 N–H and O–H groups in total. The molecule has 96 valence electrons. The van der Waals surface area contributed by atoms with Crippen molar-refractivity contribution in [2.75, 3.05) is 6.61 Å². The number of aliphatic hydroxyl groups is 1. The van der Waals surface area contributed by atoms with Crippen LogP contribution in [0.4, 0.5) is 0 Å². The van der Waals surface area contributed by atoms with Crippen molar-refractivity contribution in [3.8, 4) is 0 Å². The zero-order valence-electron chi connectivity index (χ0n) is 11.5. The molecule has 0 aliphatic carbocycles. The van der Waals surface area contributed by atoms with Crippen molar-refractivity contribution < 1.29 is 9.90 Å². The summed E-state index contributed by atoms with van der Waals surface area (Å²) in [6.45, 7) is 10.5. The predicted molar refractivity (Wildman–Crippen MR) is 68.3 cm³/mol. The van der Waals surface area contributed by atoms with Crippen LogP contribution in [0.15, 0.2) is 0 Å². The van der Waals surface area contributed by atoms with Gasteiger partial charge >= 0.3 is 0 Å². The standard InChI is InChI=1S/C14H28O2/c1-10(7-12(3)9-15)6-11(2)8-13(4)14(5)16/h10-13,15H,6-9H2,1-5H3. The van der Waals surface area contributed by atoms with Gasteiger partial charge in [-0.15, -0.1) is 0 Å². The molecule has 16 heavy (non-hydrogen) atoms. The molecule has 0 rings (SSSR count). The van der Waals surface area contributed by atoms with Gasteiger partial charge in [0, 0.05) is 12.5 Å². The Morgan fingerprint density at radius 2 is 1.38 bits per heavy atom.